The summed E-state index contributed by atoms with van der Waals surface area (Å²) in [6, 6.07) is 0. The van der Waals surface area contributed by atoms with Crippen molar-refractivity contribution < 1.29 is 19.7 Å². The van der Waals surface area contributed by atoms with Crippen molar-refractivity contribution in [2.75, 3.05) is 0 Å². The summed E-state index contributed by atoms with van der Waals surface area (Å²) in [6.45, 7) is 6.13. The third kappa shape index (κ3) is 10.5. The monoisotopic (exact) mass is 358 g/mol. The number of aliphatic hydroxyl groups excluding tert-OH is 2. The van der Waals surface area contributed by atoms with E-state index in [1.807, 2.05) is 13.8 Å². The fourth-order valence-electron chi connectivity index (χ4n) is 3.46. The number of rotatable bonds is 14. The highest BCUT2D eigenvalue weighted by molar-refractivity contribution is 4.78. The molecule has 0 aliphatic carbocycles. The van der Waals surface area contributed by atoms with E-state index in [1.165, 1.54) is 70.6 Å². The normalized spacial score (nSPS) is 28.2. The first-order chi connectivity index (χ1) is 12.0. The lowest BCUT2D eigenvalue weighted by molar-refractivity contribution is -0.273. The lowest BCUT2D eigenvalue weighted by Crippen LogP contribution is -2.48. The first-order valence-electron chi connectivity index (χ1n) is 10.7. The van der Waals surface area contributed by atoms with Crippen molar-refractivity contribution in [3.05, 3.63) is 0 Å². The Morgan fingerprint density at radius 1 is 0.880 bits per heavy atom. The van der Waals surface area contributed by atoms with Crippen LogP contribution in [0.15, 0.2) is 0 Å². The summed E-state index contributed by atoms with van der Waals surface area (Å²) in [5.74, 6) is 0. The number of hydrogen-bond acceptors (Lipinski definition) is 4. The minimum Gasteiger partial charge on any atom is -0.390 e. The lowest BCUT2D eigenvalue weighted by atomic mass is 10.0. The maximum atomic E-state index is 9.96. The number of ether oxygens (including phenoxy) is 2. The van der Waals surface area contributed by atoms with Crippen molar-refractivity contribution in [2.45, 2.75) is 135 Å². The summed E-state index contributed by atoms with van der Waals surface area (Å²) >= 11 is 0. The van der Waals surface area contributed by atoms with Crippen LogP contribution in [0.4, 0.5) is 0 Å². The average molecular weight is 359 g/mol. The molecule has 0 bridgehead atoms. The summed E-state index contributed by atoms with van der Waals surface area (Å²) in [7, 11) is 0. The average Bonchev–Trinajstić information content (AvgIpc) is 2.57. The van der Waals surface area contributed by atoms with Crippen LogP contribution in [-0.4, -0.2) is 40.9 Å². The third-order valence-corrected chi connectivity index (χ3v) is 5.27. The van der Waals surface area contributed by atoms with E-state index in [9.17, 15) is 10.2 Å². The van der Waals surface area contributed by atoms with Crippen molar-refractivity contribution in [1.29, 1.82) is 0 Å². The predicted octanol–water partition coefficient (Wildman–Crippen LogP) is 4.95. The molecule has 4 unspecified atom stereocenters. The van der Waals surface area contributed by atoms with Gasteiger partial charge in [-0.1, -0.05) is 77.6 Å². The Kier molecular flexibility index (Phi) is 12.8. The van der Waals surface area contributed by atoms with Gasteiger partial charge in [0.2, 0.25) is 0 Å². The van der Waals surface area contributed by atoms with Crippen molar-refractivity contribution in [2.24, 2.45) is 0 Å². The van der Waals surface area contributed by atoms with E-state index in [2.05, 4.69) is 6.92 Å². The molecule has 2 N–H and O–H groups in total. The van der Waals surface area contributed by atoms with E-state index in [0.717, 1.165) is 6.42 Å². The van der Waals surface area contributed by atoms with Crippen molar-refractivity contribution in [3.8, 4) is 0 Å². The quantitative estimate of drug-likeness (QED) is 0.431. The highest BCUT2D eigenvalue weighted by Crippen LogP contribution is 2.23. The molecular weight excluding hydrogens is 316 g/mol. The fourth-order valence-corrected chi connectivity index (χ4v) is 3.46. The molecule has 1 aliphatic heterocycles. The first-order valence-corrected chi connectivity index (χ1v) is 10.7. The van der Waals surface area contributed by atoms with Gasteiger partial charge < -0.3 is 19.7 Å². The van der Waals surface area contributed by atoms with Crippen LogP contribution >= 0.6 is 0 Å². The molecule has 0 aromatic carbocycles. The molecule has 0 saturated carbocycles. The molecular formula is C21H42O4. The van der Waals surface area contributed by atoms with E-state index in [-0.39, 0.29) is 12.2 Å². The first kappa shape index (κ1) is 22.9. The highest BCUT2D eigenvalue weighted by atomic mass is 16.7. The third-order valence-electron chi connectivity index (χ3n) is 5.27. The summed E-state index contributed by atoms with van der Waals surface area (Å²) < 4.78 is 11.4. The molecule has 1 rings (SSSR count). The van der Waals surface area contributed by atoms with Crippen LogP contribution in [0.2, 0.25) is 0 Å². The SMILES string of the molecule is CCCCCCCCCCCCC[C@@H](C)OC1OC(C)C(O)CC1O. The number of aliphatic hydroxyl groups is 2. The molecule has 0 amide bonds. The molecule has 1 fully saturated rings. The molecule has 4 nitrogen and oxygen atoms in total. The molecule has 0 spiro atoms. The Balaban J connectivity index is 1.94. The zero-order chi connectivity index (χ0) is 18.5. The van der Waals surface area contributed by atoms with Crippen LogP contribution in [0.3, 0.4) is 0 Å². The lowest BCUT2D eigenvalue weighted by Gasteiger charge is -2.36. The Morgan fingerprint density at radius 3 is 1.96 bits per heavy atom. The molecule has 4 heteroatoms. The van der Waals surface area contributed by atoms with Gasteiger partial charge in [0.15, 0.2) is 6.29 Å². The standard InChI is InChI=1S/C21H42O4/c1-4-5-6-7-8-9-10-11-12-13-14-15-17(2)24-21-20(23)16-19(22)18(3)25-21/h17-23H,4-16H2,1-3H3/t17-,18?,19?,20?,21?/m1/s1. The maximum Gasteiger partial charge on any atom is 0.184 e. The Labute approximate surface area is 155 Å². The Morgan fingerprint density at radius 2 is 1.40 bits per heavy atom. The molecule has 5 atom stereocenters. The van der Waals surface area contributed by atoms with E-state index in [1.54, 1.807) is 0 Å². The van der Waals surface area contributed by atoms with E-state index in [0.29, 0.717) is 6.42 Å². The Hall–Kier alpha value is -0.160. The van der Waals surface area contributed by atoms with Crippen molar-refractivity contribution >= 4 is 0 Å². The zero-order valence-electron chi connectivity index (χ0n) is 16.8. The van der Waals surface area contributed by atoms with Gasteiger partial charge in [-0.2, -0.15) is 0 Å². The molecule has 0 radical (unpaired) electrons. The van der Waals surface area contributed by atoms with Gasteiger partial charge in [0.1, 0.15) is 6.10 Å². The van der Waals surface area contributed by atoms with Crippen LogP contribution in [0.5, 0.6) is 0 Å². The molecule has 1 heterocycles. The second-order valence-electron chi connectivity index (χ2n) is 7.85. The van der Waals surface area contributed by atoms with Gasteiger partial charge in [-0.15, -0.1) is 0 Å². The van der Waals surface area contributed by atoms with Crippen LogP contribution in [0, 0.1) is 0 Å². The minimum absolute atomic E-state index is 0.0839. The predicted molar refractivity (Wildman–Crippen MR) is 103 cm³/mol. The largest absolute Gasteiger partial charge is 0.390 e. The summed E-state index contributed by atoms with van der Waals surface area (Å²) in [5.41, 5.74) is 0. The van der Waals surface area contributed by atoms with Gasteiger partial charge in [0.25, 0.3) is 0 Å². The summed E-state index contributed by atoms with van der Waals surface area (Å²) in [4.78, 5) is 0. The second-order valence-corrected chi connectivity index (χ2v) is 7.85. The van der Waals surface area contributed by atoms with E-state index >= 15 is 0 Å². The van der Waals surface area contributed by atoms with Gasteiger partial charge in [-0.25, -0.2) is 0 Å². The van der Waals surface area contributed by atoms with Gasteiger partial charge >= 0.3 is 0 Å². The van der Waals surface area contributed by atoms with Crippen LogP contribution < -0.4 is 0 Å². The topological polar surface area (TPSA) is 58.9 Å². The van der Waals surface area contributed by atoms with Gasteiger partial charge in [-0.05, 0) is 20.3 Å². The minimum atomic E-state index is -0.731. The Bertz CT molecular complexity index is 310. The zero-order valence-corrected chi connectivity index (χ0v) is 16.8. The number of unbranched alkanes of at least 4 members (excludes halogenated alkanes) is 10. The van der Waals surface area contributed by atoms with E-state index < -0.39 is 18.5 Å². The highest BCUT2D eigenvalue weighted by Gasteiger charge is 2.35. The molecule has 1 aliphatic rings. The van der Waals surface area contributed by atoms with Crippen LogP contribution in [0.25, 0.3) is 0 Å². The molecule has 1 saturated heterocycles. The fraction of sp³-hybridized carbons (Fsp3) is 1.00. The molecule has 0 aromatic rings. The van der Waals surface area contributed by atoms with Gasteiger partial charge in [-0.3, -0.25) is 0 Å². The molecule has 0 aromatic heterocycles. The summed E-state index contributed by atoms with van der Waals surface area (Å²) in [6.07, 6.45) is 14.0. The van der Waals surface area contributed by atoms with Crippen LogP contribution in [-0.2, 0) is 9.47 Å². The van der Waals surface area contributed by atoms with Crippen molar-refractivity contribution in [1.82, 2.24) is 0 Å². The molecule has 150 valence electrons. The van der Waals surface area contributed by atoms with E-state index in [4.69, 9.17) is 9.47 Å². The smallest absolute Gasteiger partial charge is 0.184 e. The molecule has 25 heavy (non-hydrogen) atoms. The second kappa shape index (κ2) is 14.0. The van der Waals surface area contributed by atoms with Gasteiger partial charge in [0.05, 0.1) is 18.3 Å². The van der Waals surface area contributed by atoms with Crippen LogP contribution in [0.1, 0.15) is 104 Å². The number of hydrogen-bond donors (Lipinski definition) is 2. The van der Waals surface area contributed by atoms with Gasteiger partial charge in [0, 0.05) is 6.42 Å². The summed E-state index contributed by atoms with van der Waals surface area (Å²) in [5, 5.41) is 19.6. The van der Waals surface area contributed by atoms with Crippen molar-refractivity contribution in [3.63, 3.8) is 0 Å². The maximum absolute atomic E-state index is 9.96.